The molecule has 0 radical (unpaired) electrons. The SMILES string of the molecule is CCCCCCCCCCC(C)(C)C(=O)OC(C(C)C)C(C)C. The molecule has 0 unspecified atom stereocenters. The monoisotopic (exact) mass is 326 g/mol. The average molecular weight is 327 g/mol. The zero-order chi connectivity index (χ0) is 17.9. The van der Waals surface area contributed by atoms with Gasteiger partial charge < -0.3 is 4.74 Å². The molecule has 23 heavy (non-hydrogen) atoms. The van der Waals surface area contributed by atoms with Crippen LogP contribution >= 0.6 is 0 Å². The summed E-state index contributed by atoms with van der Waals surface area (Å²) >= 11 is 0. The Bertz CT molecular complexity index is 297. The topological polar surface area (TPSA) is 26.3 Å². The number of ether oxygens (including phenoxy) is 1. The van der Waals surface area contributed by atoms with Crippen LogP contribution in [0.1, 0.15) is 106 Å². The second kappa shape index (κ2) is 11.9. The Morgan fingerprint density at radius 2 is 1.26 bits per heavy atom. The third-order valence-electron chi connectivity index (χ3n) is 4.77. The summed E-state index contributed by atoms with van der Waals surface area (Å²) < 4.78 is 5.82. The Labute approximate surface area is 145 Å². The molecule has 0 aromatic rings. The quantitative estimate of drug-likeness (QED) is 0.276. The molecule has 2 nitrogen and oxygen atoms in total. The molecule has 0 aliphatic heterocycles. The largest absolute Gasteiger partial charge is 0.461 e. The summed E-state index contributed by atoms with van der Waals surface area (Å²) in [6.45, 7) is 14.8. The molecule has 0 aliphatic carbocycles. The molecule has 0 N–H and O–H groups in total. The van der Waals surface area contributed by atoms with Gasteiger partial charge in [0.2, 0.25) is 0 Å². The first-order valence-electron chi connectivity index (χ1n) is 9.93. The van der Waals surface area contributed by atoms with Crippen molar-refractivity contribution in [3.05, 3.63) is 0 Å². The number of hydrogen-bond donors (Lipinski definition) is 0. The van der Waals surface area contributed by atoms with Crippen LogP contribution in [0.25, 0.3) is 0 Å². The third-order valence-corrected chi connectivity index (χ3v) is 4.77. The van der Waals surface area contributed by atoms with Crippen molar-refractivity contribution < 1.29 is 9.53 Å². The molecule has 0 bridgehead atoms. The first-order valence-corrected chi connectivity index (χ1v) is 9.93. The highest BCUT2D eigenvalue weighted by Gasteiger charge is 2.32. The number of rotatable bonds is 13. The molecule has 0 rings (SSSR count). The van der Waals surface area contributed by atoms with E-state index >= 15 is 0 Å². The Kier molecular flexibility index (Phi) is 11.6. The smallest absolute Gasteiger partial charge is 0.311 e. The van der Waals surface area contributed by atoms with Gasteiger partial charge in [0.15, 0.2) is 0 Å². The highest BCUT2D eigenvalue weighted by atomic mass is 16.5. The molecule has 0 aromatic heterocycles. The number of hydrogen-bond acceptors (Lipinski definition) is 2. The van der Waals surface area contributed by atoms with Gasteiger partial charge in [0.1, 0.15) is 6.10 Å². The van der Waals surface area contributed by atoms with E-state index in [1.165, 1.54) is 44.9 Å². The number of esters is 1. The average Bonchev–Trinajstić information content (AvgIpc) is 2.46. The molecule has 0 fully saturated rings. The minimum absolute atomic E-state index is 0.0205. The van der Waals surface area contributed by atoms with Crippen LogP contribution in [-0.4, -0.2) is 12.1 Å². The molecule has 0 atom stereocenters. The van der Waals surface area contributed by atoms with Crippen molar-refractivity contribution >= 4 is 5.97 Å². The zero-order valence-electron chi connectivity index (χ0n) is 16.9. The van der Waals surface area contributed by atoms with E-state index in [0.29, 0.717) is 11.8 Å². The summed E-state index contributed by atoms with van der Waals surface area (Å²) in [5, 5.41) is 0. The van der Waals surface area contributed by atoms with E-state index in [-0.39, 0.29) is 17.5 Å². The van der Waals surface area contributed by atoms with Crippen molar-refractivity contribution in [3.63, 3.8) is 0 Å². The lowest BCUT2D eigenvalue weighted by atomic mass is 9.86. The van der Waals surface area contributed by atoms with E-state index in [2.05, 4.69) is 34.6 Å². The summed E-state index contributed by atoms with van der Waals surface area (Å²) in [4.78, 5) is 12.5. The van der Waals surface area contributed by atoms with Gasteiger partial charge in [-0.05, 0) is 32.1 Å². The molecule has 0 spiro atoms. The fourth-order valence-electron chi connectivity index (χ4n) is 3.13. The normalized spacial score (nSPS) is 12.4. The summed E-state index contributed by atoms with van der Waals surface area (Å²) in [6, 6.07) is 0. The first-order chi connectivity index (χ1) is 10.7. The van der Waals surface area contributed by atoms with Crippen molar-refractivity contribution in [1.29, 1.82) is 0 Å². The van der Waals surface area contributed by atoms with Gasteiger partial charge in [0.05, 0.1) is 5.41 Å². The second-order valence-corrected chi connectivity index (χ2v) is 8.47. The Balaban J connectivity index is 4.04. The van der Waals surface area contributed by atoms with Crippen LogP contribution in [-0.2, 0) is 9.53 Å². The van der Waals surface area contributed by atoms with E-state index in [9.17, 15) is 4.79 Å². The van der Waals surface area contributed by atoms with Crippen LogP contribution in [0.5, 0.6) is 0 Å². The molecule has 0 saturated carbocycles. The fourth-order valence-corrected chi connectivity index (χ4v) is 3.13. The number of carbonyl (C=O) groups is 1. The molecular formula is C21H42O2. The van der Waals surface area contributed by atoms with Crippen molar-refractivity contribution in [2.45, 2.75) is 112 Å². The van der Waals surface area contributed by atoms with E-state index < -0.39 is 0 Å². The number of unbranched alkanes of at least 4 members (excludes halogenated alkanes) is 7. The van der Waals surface area contributed by atoms with Gasteiger partial charge in [-0.15, -0.1) is 0 Å². The van der Waals surface area contributed by atoms with E-state index in [4.69, 9.17) is 4.74 Å². The van der Waals surface area contributed by atoms with Crippen molar-refractivity contribution in [3.8, 4) is 0 Å². The lowest BCUT2D eigenvalue weighted by Crippen LogP contribution is -2.35. The van der Waals surface area contributed by atoms with E-state index in [1.807, 2.05) is 13.8 Å². The Morgan fingerprint density at radius 1 is 0.826 bits per heavy atom. The minimum atomic E-state index is -0.357. The molecule has 0 amide bonds. The molecule has 0 aliphatic rings. The molecule has 0 saturated heterocycles. The van der Waals surface area contributed by atoms with Crippen LogP contribution < -0.4 is 0 Å². The third kappa shape index (κ3) is 10.0. The Hall–Kier alpha value is -0.530. The van der Waals surface area contributed by atoms with Crippen molar-refractivity contribution in [2.24, 2.45) is 17.3 Å². The van der Waals surface area contributed by atoms with Crippen LogP contribution in [0.15, 0.2) is 0 Å². The standard InChI is InChI=1S/C21H42O2/c1-8-9-10-11-12-13-14-15-16-21(6,7)20(22)23-19(17(2)3)18(4)5/h17-19H,8-16H2,1-7H3. The van der Waals surface area contributed by atoms with Crippen molar-refractivity contribution in [2.75, 3.05) is 0 Å². The molecule has 138 valence electrons. The molecule has 0 aromatic carbocycles. The maximum absolute atomic E-state index is 12.5. The lowest BCUT2D eigenvalue weighted by Gasteiger charge is -2.30. The van der Waals surface area contributed by atoms with Gasteiger partial charge in [-0.3, -0.25) is 4.79 Å². The first kappa shape index (κ1) is 22.5. The van der Waals surface area contributed by atoms with Gasteiger partial charge >= 0.3 is 5.97 Å². The zero-order valence-corrected chi connectivity index (χ0v) is 16.9. The number of carbonyl (C=O) groups excluding carboxylic acids is 1. The fraction of sp³-hybridized carbons (Fsp3) is 0.952. The molecule has 2 heteroatoms. The van der Waals surface area contributed by atoms with E-state index in [0.717, 1.165) is 12.8 Å². The van der Waals surface area contributed by atoms with Crippen LogP contribution in [0, 0.1) is 17.3 Å². The summed E-state index contributed by atoms with van der Waals surface area (Å²) in [7, 11) is 0. The molecular weight excluding hydrogens is 284 g/mol. The van der Waals surface area contributed by atoms with Gasteiger partial charge in [-0.25, -0.2) is 0 Å². The predicted molar refractivity (Wildman–Crippen MR) is 101 cm³/mol. The lowest BCUT2D eigenvalue weighted by molar-refractivity contribution is -0.165. The van der Waals surface area contributed by atoms with Gasteiger partial charge in [0.25, 0.3) is 0 Å². The van der Waals surface area contributed by atoms with Gasteiger partial charge in [-0.2, -0.15) is 0 Å². The van der Waals surface area contributed by atoms with Gasteiger partial charge in [0, 0.05) is 0 Å². The van der Waals surface area contributed by atoms with Crippen LogP contribution in [0.2, 0.25) is 0 Å². The highest BCUT2D eigenvalue weighted by molar-refractivity contribution is 5.76. The maximum atomic E-state index is 12.5. The predicted octanol–water partition coefficient (Wildman–Crippen LogP) is 6.77. The summed E-state index contributed by atoms with van der Waals surface area (Å²) in [5.41, 5.74) is -0.357. The minimum Gasteiger partial charge on any atom is -0.461 e. The van der Waals surface area contributed by atoms with Crippen LogP contribution in [0.4, 0.5) is 0 Å². The second-order valence-electron chi connectivity index (χ2n) is 8.47. The Morgan fingerprint density at radius 3 is 1.70 bits per heavy atom. The van der Waals surface area contributed by atoms with Gasteiger partial charge in [-0.1, -0.05) is 86.0 Å². The molecule has 0 heterocycles. The van der Waals surface area contributed by atoms with Crippen molar-refractivity contribution in [1.82, 2.24) is 0 Å². The summed E-state index contributed by atoms with van der Waals surface area (Å²) in [6.07, 6.45) is 11.4. The van der Waals surface area contributed by atoms with Crippen LogP contribution in [0.3, 0.4) is 0 Å². The maximum Gasteiger partial charge on any atom is 0.311 e. The van der Waals surface area contributed by atoms with E-state index in [1.54, 1.807) is 0 Å². The highest BCUT2D eigenvalue weighted by Crippen LogP contribution is 2.28. The summed E-state index contributed by atoms with van der Waals surface area (Å²) in [5.74, 6) is 0.726.